The normalized spacial score (nSPS) is 17.2. The summed E-state index contributed by atoms with van der Waals surface area (Å²) in [7, 11) is 0. The van der Waals surface area contributed by atoms with Crippen molar-refractivity contribution in [3.05, 3.63) is 52.9 Å². The molecule has 3 heterocycles. The first-order valence-corrected chi connectivity index (χ1v) is 9.28. The maximum absolute atomic E-state index is 12.9. The third kappa shape index (κ3) is 3.19. The van der Waals surface area contributed by atoms with Crippen molar-refractivity contribution < 1.29 is 4.79 Å². The number of hydrogen-bond donors (Lipinski definition) is 0. The number of aromatic nitrogens is 4. The third-order valence-corrected chi connectivity index (χ3v) is 5.45. The van der Waals surface area contributed by atoms with Crippen LogP contribution in [0.5, 0.6) is 0 Å². The minimum absolute atomic E-state index is 0.0965. The van der Waals surface area contributed by atoms with Gasteiger partial charge < -0.3 is 4.90 Å². The Morgan fingerprint density at radius 3 is 2.96 bits per heavy atom. The van der Waals surface area contributed by atoms with Crippen LogP contribution in [0.25, 0.3) is 10.7 Å². The molecule has 3 aromatic rings. The van der Waals surface area contributed by atoms with Crippen LogP contribution in [0.2, 0.25) is 0 Å². The smallest absolute Gasteiger partial charge is 0.254 e. The summed E-state index contributed by atoms with van der Waals surface area (Å²) in [5.41, 5.74) is 1.79. The Bertz CT molecular complexity index is 873. The fraction of sp³-hybridized carbons (Fsp3) is 0.333. The lowest BCUT2D eigenvalue weighted by atomic mass is 10.1. The molecular weight excluding hydrogens is 334 g/mol. The summed E-state index contributed by atoms with van der Waals surface area (Å²) in [6, 6.07) is 11.8. The number of thiophene rings is 1. The van der Waals surface area contributed by atoms with Crippen molar-refractivity contribution >= 4 is 17.2 Å². The second kappa shape index (κ2) is 6.76. The van der Waals surface area contributed by atoms with Gasteiger partial charge in [0.05, 0.1) is 17.5 Å². The lowest BCUT2D eigenvalue weighted by molar-refractivity contribution is 0.0717. The molecule has 25 heavy (non-hydrogen) atoms. The van der Waals surface area contributed by atoms with Crippen molar-refractivity contribution in [2.45, 2.75) is 32.4 Å². The topological polar surface area (TPSA) is 63.9 Å². The molecule has 0 N–H and O–H groups in total. The zero-order valence-corrected chi connectivity index (χ0v) is 14.8. The molecular formula is C18H19N5OS. The molecule has 2 aromatic heterocycles. The maximum Gasteiger partial charge on any atom is 0.254 e. The van der Waals surface area contributed by atoms with Gasteiger partial charge in [0.15, 0.2) is 0 Å². The first-order valence-electron chi connectivity index (χ1n) is 8.40. The summed E-state index contributed by atoms with van der Waals surface area (Å²) >= 11 is 1.59. The van der Waals surface area contributed by atoms with E-state index in [4.69, 9.17) is 0 Å². The molecule has 1 aliphatic rings. The molecule has 0 saturated carbocycles. The number of amides is 1. The van der Waals surface area contributed by atoms with Crippen molar-refractivity contribution in [3.8, 4) is 10.7 Å². The van der Waals surface area contributed by atoms with Crippen LogP contribution in [-0.4, -0.2) is 43.6 Å². The lowest BCUT2D eigenvalue weighted by Crippen LogP contribution is -2.38. The Kier molecular flexibility index (Phi) is 4.31. The van der Waals surface area contributed by atoms with E-state index in [1.165, 1.54) is 0 Å². The van der Waals surface area contributed by atoms with Gasteiger partial charge in [-0.3, -0.25) is 4.79 Å². The summed E-state index contributed by atoms with van der Waals surface area (Å²) in [4.78, 5) is 17.5. The highest BCUT2D eigenvalue weighted by atomic mass is 32.1. The van der Waals surface area contributed by atoms with E-state index in [-0.39, 0.29) is 11.9 Å². The standard InChI is InChI=1S/C18H19N5OS/c1-13-6-2-3-8-15(13)18(24)22-10-4-7-14(22)12-23-20-17(19-21-23)16-9-5-11-25-16/h2-3,5-6,8-9,11,14H,4,7,10,12H2,1H3/t14-/m1/s1. The Morgan fingerprint density at radius 1 is 1.28 bits per heavy atom. The van der Waals surface area contributed by atoms with E-state index in [9.17, 15) is 4.79 Å². The van der Waals surface area contributed by atoms with Gasteiger partial charge in [-0.05, 0) is 48.1 Å². The number of benzene rings is 1. The van der Waals surface area contributed by atoms with Crippen molar-refractivity contribution in [1.82, 2.24) is 25.1 Å². The van der Waals surface area contributed by atoms with Gasteiger partial charge in [-0.1, -0.05) is 24.3 Å². The molecule has 1 saturated heterocycles. The molecule has 0 unspecified atom stereocenters. The quantitative estimate of drug-likeness (QED) is 0.723. The molecule has 1 fully saturated rings. The molecule has 0 aliphatic carbocycles. The number of nitrogens with zero attached hydrogens (tertiary/aromatic N) is 5. The number of rotatable bonds is 4. The van der Waals surface area contributed by atoms with Crippen LogP contribution < -0.4 is 0 Å². The predicted octanol–water partition coefficient (Wildman–Crippen LogP) is 3.01. The minimum atomic E-state index is 0.0965. The highest BCUT2D eigenvalue weighted by Gasteiger charge is 2.30. The number of likely N-dealkylation sites (tertiary alicyclic amines) is 1. The Hall–Kier alpha value is -2.54. The van der Waals surface area contributed by atoms with Gasteiger partial charge in [0.25, 0.3) is 5.91 Å². The first-order chi connectivity index (χ1) is 12.2. The fourth-order valence-electron chi connectivity index (χ4n) is 3.27. The van der Waals surface area contributed by atoms with Crippen molar-refractivity contribution in [2.24, 2.45) is 0 Å². The van der Waals surface area contributed by atoms with E-state index in [1.807, 2.05) is 53.6 Å². The Morgan fingerprint density at radius 2 is 2.16 bits per heavy atom. The molecule has 6 nitrogen and oxygen atoms in total. The average Bonchev–Trinajstić information content (AvgIpc) is 3.36. The first kappa shape index (κ1) is 16.0. The van der Waals surface area contributed by atoms with E-state index >= 15 is 0 Å². The van der Waals surface area contributed by atoms with Gasteiger partial charge in [-0.2, -0.15) is 4.80 Å². The second-order valence-electron chi connectivity index (χ2n) is 6.25. The molecule has 0 spiro atoms. The number of tetrazole rings is 1. The lowest BCUT2D eigenvalue weighted by Gasteiger charge is -2.24. The third-order valence-electron chi connectivity index (χ3n) is 4.58. The van der Waals surface area contributed by atoms with E-state index in [2.05, 4.69) is 15.4 Å². The average molecular weight is 353 g/mol. The van der Waals surface area contributed by atoms with Crippen molar-refractivity contribution in [2.75, 3.05) is 6.54 Å². The van der Waals surface area contributed by atoms with Gasteiger partial charge in [-0.25, -0.2) is 0 Å². The number of aryl methyl sites for hydroxylation is 1. The zero-order chi connectivity index (χ0) is 17.2. The van der Waals surface area contributed by atoms with Crippen LogP contribution in [-0.2, 0) is 6.54 Å². The Balaban J connectivity index is 1.50. The molecule has 1 aromatic carbocycles. The fourth-order valence-corrected chi connectivity index (χ4v) is 3.92. The van der Waals surface area contributed by atoms with Crippen molar-refractivity contribution in [3.63, 3.8) is 0 Å². The molecule has 1 atom stereocenters. The van der Waals surface area contributed by atoms with Gasteiger partial charge in [0.2, 0.25) is 5.82 Å². The minimum Gasteiger partial charge on any atom is -0.334 e. The van der Waals surface area contributed by atoms with E-state index in [0.29, 0.717) is 12.4 Å². The van der Waals surface area contributed by atoms with E-state index < -0.39 is 0 Å². The summed E-state index contributed by atoms with van der Waals surface area (Å²) in [5, 5.41) is 14.8. The molecule has 0 radical (unpaired) electrons. The highest BCUT2D eigenvalue weighted by molar-refractivity contribution is 7.13. The second-order valence-corrected chi connectivity index (χ2v) is 7.20. The molecule has 1 aliphatic heterocycles. The Labute approximate surface area is 150 Å². The van der Waals surface area contributed by atoms with E-state index in [0.717, 1.165) is 35.4 Å². The van der Waals surface area contributed by atoms with Gasteiger partial charge in [-0.15, -0.1) is 21.5 Å². The van der Waals surface area contributed by atoms with Crippen LogP contribution >= 0.6 is 11.3 Å². The van der Waals surface area contributed by atoms with Gasteiger partial charge in [0.1, 0.15) is 0 Å². The number of hydrogen-bond acceptors (Lipinski definition) is 5. The van der Waals surface area contributed by atoms with Gasteiger partial charge in [0, 0.05) is 12.1 Å². The van der Waals surface area contributed by atoms with Crippen molar-refractivity contribution in [1.29, 1.82) is 0 Å². The summed E-state index contributed by atoms with van der Waals surface area (Å²) in [6.45, 7) is 3.34. The highest BCUT2D eigenvalue weighted by Crippen LogP contribution is 2.23. The van der Waals surface area contributed by atoms with Crippen LogP contribution in [0.15, 0.2) is 41.8 Å². The number of carbonyl (C=O) groups excluding carboxylic acids is 1. The SMILES string of the molecule is Cc1ccccc1C(=O)N1CCC[C@@H]1Cn1nnc(-c2cccs2)n1. The van der Waals surface area contributed by atoms with Crippen LogP contribution in [0.1, 0.15) is 28.8 Å². The molecule has 1 amide bonds. The summed E-state index contributed by atoms with van der Waals surface area (Å²) < 4.78 is 0. The molecule has 0 bridgehead atoms. The monoisotopic (exact) mass is 353 g/mol. The van der Waals surface area contributed by atoms with Crippen LogP contribution in [0, 0.1) is 6.92 Å². The van der Waals surface area contributed by atoms with Crippen LogP contribution in [0.4, 0.5) is 0 Å². The molecule has 128 valence electrons. The molecule has 4 rings (SSSR count). The number of carbonyl (C=O) groups is 1. The largest absolute Gasteiger partial charge is 0.334 e. The molecule has 7 heteroatoms. The summed E-state index contributed by atoms with van der Waals surface area (Å²) in [6.07, 6.45) is 1.97. The zero-order valence-electron chi connectivity index (χ0n) is 14.0. The van der Waals surface area contributed by atoms with E-state index in [1.54, 1.807) is 16.1 Å². The predicted molar refractivity (Wildman–Crippen MR) is 96.4 cm³/mol. The maximum atomic E-state index is 12.9. The summed E-state index contributed by atoms with van der Waals surface area (Å²) in [5.74, 6) is 0.740. The van der Waals surface area contributed by atoms with Gasteiger partial charge >= 0.3 is 0 Å². The van der Waals surface area contributed by atoms with Crippen LogP contribution in [0.3, 0.4) is 0 Å².